The Labute approximate surface area is 188 Å². The Morgan fingerprint density at radius 1 is 0.938 bits per heavy atom. The Bertz CT molecular complexity index is 1260. The molecule has 2 heterocycles. The fourth-order valence-electron chi connectivity index (χ4n) is 3.27. The van der Waals surface area contributed by atoms with Crippen LogP contribution in [0.1, 0.15) is 24.4 Å². The van der Waals surface area contributed by atoms with Crippen LogP contribution in [0.2, 0.25) is 5.02 Å². The number of hydrogen-bond donors (Lipinski definition) is 2. The molecule has 0 spiro atoms. The number of nitrogens with two attached hydrogens (primary N) is 1. The van der Waals surface area contributed by atoms with Crippen LogP contribution >= 0.6 is 11.6 Å². The summed E-state index contributed by atoms with van der Waals surface area (Å²) in [7, 11) is 0. The molecule has 2 aromatic carbocycles. The van der Waals surface area contributed by atoms with Gasteiger partial charge < -0.3 is 11.1 Å². The molecular formula is C23H19ClF2N6. The predicted octanol–water partition coefficient (Wildman–Crippen LogP) is 5.60. The van der Waals surface area contributed by atoms with Gasteiger partial charge in [0.15, 0.2) is 0 Å². The van der Waals surface area contributed by atoms with Crippen LogP contribution in [0.5, 0.6) is 0 Å². The fraction of sp³-hybridized carbons (Fsp3) is 0.130. The number of halogens is 3. The third kappa shape index (κ3) is 4.65. The topological polar surface area (TPSA) is 89.6 Å². The highest BCUT2D eigenvalue weighted by Gasteiger charge is 2.14. The molecule has 4 aromatic rings. The first-order chi connectivity index (χ1) is 15.3. The van der Waals surface area contributed by atoms with Crippen molar-refractivity contribution in [3.05, 3.63) is 82.9 Å². The van der Waals surface area contributed by atoms with Crippen LogP contribution in [-0.2, 0) is 0 Å². The lowest BCUT2D eigenvalue weighted by molar-refractivity contribution is 0.585. The third-order valence-electron chi connectivity index (χ3n) is 4.87. The monoisotopic (exact) mass is 452 g/mol. The lowest BCUT2D eigenvalue weighted by Crippen LogP contribution is -2.09. The summed E-state index contributed by atoms with van der Waals surface area (Å²) in [6.45, 7) is 3.70. The summed E-state index contributed by atoms with van der Waals surface area (Å²) < 4.78 is 27.8. The Morgan fingerprint density at radius 3 is 2.31 bits per heavy atom. The van der Waals surface area contributed by atoms with Crippen LogP contribution in [0.15, 0.2) is 54.9 Å². The van der Waals surface area contributed by atoms with Crippen LogP contribution < -0.4 is 11.1 Å². The summed E-state index contributed by atoms with van der Waals surface area (Å²) in [5.41, 5.74) is 9.02. The van der Waals surface area contributed by atoms with Gasteiger partial charge in [0, 0.05) is 35.6 Å². The van der Waals surface area contributed by atoms with Crippen molar-refractivity contribution in [2.75, 3.05) is 11.1 Å². The summed E-state index contributed by atoms with van der Waals surface area (Å²) in [5.74, 6) is -0.485. The maximum Gasteiger partial charge on any atom is 0.219 e. The molecule has 3 N–H and O–H groups in total. The zero-order valence-corrected chi connectivity index (χ0v) is 18.0. The molecule has 0 aliphatic heterocycles. The summed E-state index contributed by atoms with van der Waals surface area (Å²) in [5, 5.41) is 2.78. The van der Waals surface area contributed by atoms with Gasteiger partial charge in [0.2, 0.25) is 5.95 Å². The van der Waals surface area contributed by atoms with Gasteiger partial charge in [0.25, 0.3) is 0 Å². The van der Waals surface area contributed by atoms with E-state index in [0.29, 0.717) is 17.3 Å². The van der Waals surface area contributed by atoms with E-state index in [1.54, 1.807) is 25.4 Å². The Hall–Kier alpha value is -3.65. The van der Waals surface area contributed by atoms with Crippen molar-refractivity contribution in [1.82, 2.24) is 19.9 Å². The molecule has 0 fully saturated rings. The Morgan fingerprint density at radius 2 is 1.62 bits per heavy atom. The van der Waals surface area contributed by atoms with Crippen molar-refractivity contribution in [1.29, 1.82) is 0 Å². The van der Waals surface area contributed by atoms with Gasteiger partial charge in [-0.1, -0.05) is 29.8 Å². The molecule has 0 bridgehead atoms. The third-order valence-corrected chi connectivity index (χ3v) is 5.23. The minimum Gasteiger partial charge on any atom is -0.368 e. The lowest BCUT2D eigenvalue weighted by Gasteiger charge is -2.17. The van der Waals surface area contributed by atoms with Crippen molar-refractivity contribution in [2.45, 2.75) is 19.9 Å². The van der Waals surface area contributed by atoms with E-state index in [2.05, 4.69) is 25.3 Å². The molecule has 0 radical (unpaired) electrons. The summed E-state index contributed by atoms with van der Waals surface area (Å²) in [4.78, 5) is 16.8. The van der Waals surface area contributed by atoms with E-state index in [0.717, 1.165) is 28.8 Å². The first-order valence-corrected chi connectivity index (χ1v) is 10.1. The lowest BCUT2D eigenvalue weighted by atomic mass is 10.0. The standard InChI is InChI=1S/C23H19ClF2N6/c1-12(14-4-3-5-15(6-14)17-10-28-23(27)29-11-17)30-21-9-20(31-13(2)32-21)16-7-18(25)22(24)19(26)8-16/h3-12H,1-2H3,(H2,27,28,29)(H,30,31,32)/t12-/m0/s1. The molecule has 0 saturated heterocycles. The molecule has 1 atom stereocenters. The van der Waals surface area contributed by atoms with E-state index in [9.17, 15) is 8.78 Å². The molecule has 162 valence electrons. The normalized spacial score (nSPS) is 11.9. The van der Waals surface area contributed by atoms with Crippen LogP contribution in [-0.4, -0.2) is 19.9 Å². The van der Waals surface area contributed by atoms with Crippen LogP contribution in [0, 0.1) is 18.6 Å². The van der Waals surface area contributed by atoms with Gasteiger partial charge in [0.1, 0.15) is 28.3 Å². The van der Waals surface area contributed by atoms with Gasteiger partial charge >= 0.3 is 0 Å². The molecule has 4 rings (SSSR count). The zero-order chi connectivity index (χ0) is 22.8. The average molecular weight is 453 g/mol. The van der Waals surface area contributed by atoms with E-state index in [-0.39, 0.29) is 17.6 Å². The quantitative estimate of drug-likeness (QED) is 0.383. The van der Waals surface area contributed by atoms with E-state index in [1.165, 1.54) is 0 Å². The highest BCUT2D eigenvalue weighted by atomic mass is 35.5. The van der Waals surface area contributed by atoms with Crippen molar-refractivity contribution >= 4 is 23.4 Å². The molecule has 9 heteroatoms. The van der Waals surface area contributed by atoms with Crippen molar-refractivity contribution in [3.63, 3.8) is 0 Å². The van der Waals surface area contributed by atoms with Crippen LogP contribution in [0.4, 0.5) is 20.5 Å². The Balaban J connectivity index is 1.61. The van der Waals surface area contributed by atoms with E-state index < -0.39 is 16.7 Å². The van der Waals surface area contributed by atoms with Crippen molar-refractivity contribution < 1.29 is 8.78 Å². The molecule has 0 aliphatic rings. The van der Waals surface area contributed by atoms with Gasteiger partial charge in [-0.05, 0) is 43.2 Å². The highest BCUT2D eigenvalue weighted by Crippen LogP contribution is 2.29. The number of rotatable bonds is 5. The van der Waals surface area contributed by atoms with E-state index >= 15 is 0 Å². The van der Waals surface area contributed by atoms with E-state index in [4.69, 9.17) is 17.3 Å². The molecular weight excluding hydrogens is 434 g/mol. The molecule has 32 heavy (non-hydrogen) atoms. The number of nitrogen functional groups attached to an aromatic ring is 1. The maximum atomic E-state index is 13.9. The average Bonchev–Trinajstić information content (AvgIpc) is 2.77. The number of nitrogens with one attached hydrogen (secondary N) is 1. The van der Waals surface area contributed by atoms with Gasteiger partial charge in [-0.2, -0.15) is 0 Å². The number of anilines is 2. The summed E-state index contributed by atoms with van der Waals surface area (Å²) in [6.07, 6.45) is 3.34. The van der Waals surface area contributed by atoms with Crippen molar-refractivity contribution in [2.24, 2.45) is 0 Å². The SMILES string of the molecule is Cc1nc(N[C@@H](C)c2cccc(-c3cnc(N)nc3)c2)cc(-c2cc(F)c(Cl)c(F)c2)n1. The molecule has 2 aromatic heterocycles. The van der Waals surface area contributed by atoms with Crippen LogP contribution in [0.25, 0.3) is 22.4 Å². The zero-order valence-electron chi connectivity index (χ0n) is 17.3. The number of aromatic nitrogens is 4. The molecule has 0 aliphatic carbocycles. The second-order valence-electron chi connectivity index (χ2n) is 7.26. The second-order valence-corrected chi connectivity index (χ2v) is 7.64. The molecule has 0 saturated carbocycles. The van der Waals surface area contributed by atoms with Crippen LogP contribution in [0.3, 0.4) is 0 Å². The highest BCUT2D eigenvalue weighted by molar-refractivity contribution is 6.31. The second kappa shape index (κ2) is 8.84. The number of benzene rings is 2. The largest absolute Gasteiger partial charge is 0.368 e. The predicted molar refractivity (Wildman–Crippen MR) is 121 cm³/mol. The first-order valence-electron chi connectivity index (χ1n) is 9.75. The van der Waals surface area contributed by atoms with Gasteiger partial charge in [-0.3, -0.25) is 0 Å². The Kier molecular flexibility index (Phi) is 5.96. The minimum absolute atomic E-state index is 0.120. The fourth-order valence-corrected chi connectivity index (χ4v) is 3.38. The van der Waals surface area contributed by atoms with Gasteiger partial charge in [0.05, 0.1) is 5.69 Å². The number of hydrogen-bond acceptors (Lipinski definition) is 6. The maximum absolute atomic E-state index is 13.9. The number of aryl methyl sites for hydroxylation is 1. The number of nitrogens with zero attached hydrogens (tertiary/aromatic N) is 4. The first kappa shape index (κ1) is 21.6. The summed E-state index contributed by atoms with van der Waals surface area (Å²) >= 11 is 5.59. The van der Waals surface area contributed by atoms with E-state index in [1.807, 2.05) is 31.2 Å². The summed E-state index contributed by atoms with van der Waals surface area (Å²) in [6, 6.07) is 11.7. The van der Waals surface area contributed by atoms with Crippen molar-refractivity contribution in [3.8, 4) is 22.4 Å². The minimum atomic E-state index is -0.843. The molecule has 0 unspecified atom stereocenters. The van der Waals surface area contributed by atoms with Gasteiger partial charge in [-0.15, -0.1) is 0 Å². The van der Waals surface area contributed by atoms with Gasteiger partial charge in [-0.25, -0.2) is 28.7 Å². The smallest absolute Gasteiger partial charge is 0.219 e. The molecule has 0 amide bonds. The molecule has 6 nitrogen and oxygen atoms in total.